The SMILES string of the molecule is CNc1ccc(S(=O)(=O)NC2CCN(C)CC2)cc1. The Bertz CT molecular complexity index is 505. The first-order valence-corrected chi connectivity index (χ1v) is 7.98. The van der Waals surface area contributed by atoms with Crippen LogP contribution < -0.4 is 10.0 Å². The normalized spacial score (nSPS) is 18.4. The highest BCUT2D eigenvalue weighted by Gasteiger charge is 2.23. The monoisotopic (exact) mass is 283 g/mol. The molecule has 6 heteroatoms. The Hall–Kier alpha value is -1.11. The van der Waals surface area contributed by atoms with Crippen LogP contribution in [0.4, 0.5) is 5.69 Å². The summed E-state index contributed by atoms with van der Waals surface area (Å²) in [6.07, 6.45) is 1.73. The zero-order valence-electron chi connectivity index (χ0n) is 11.4. The fraction of sp³-hybridized carbons (Fsp3) is 0.538. The largest absolute Gasteiger partial charge is 0.388 e. The van der Waals surface area contributed by atoms with Crippen LogP contribution in [0.1, 0.15) is 12.8 Å². The summed E-state index contributed by atoms with van der Waals surface area (Å²) in [7, 11) is 0.464. The number of likely N-dealkylation sites (tertiary alicyclic amines) is 1. The molecule has 0 bridgehead atoms. The van der Waals surface area contributed by atoms with Gasteiger partial charge in [0.25, 0.3) is 0 Å². The maximum atomic E-state index is 12.2. The highest BCUT2D eigenvalue weighted by molar-refractivity contribution is 7.89. The Kier molecular flexibility index (Phi) is 4.44. The second-order valence-corrected chi connectivity index (χ2v) is 6.69. The number of benzene rings is 1. The van der Waals surface area contributed by atoms with Gasteiger partial charge in [-0.2, -0.15) is 0 Å². The molecular weight excluding hydrogens is 262 g/mol. The molecule has 0 aromatic heterocycles. The average molecular weight is 283 g/mol. The molecule has 19 heavy (non-hydrogen) atoms. The number of piperidine rings is 1. The van der Waals surface area contributed by atoms with Gasteiger partial charge in [-0.25, -0.2) is 13.1 Å². The minimum Gasteiger partial charge on any atom is -0.388 e. The first kappa shape index (κ1) is 14.3. The fourth-order valence-electron chi connectivity index (χ4n) is 2.21. The zero-order valence-corrected chi connectivity index (χ0v) is 12.2. The van der Waals surface area contributed by atoms with E-state index in [0.29, 0.717) is 4.90 Å². The van der Waals surface area contributed by atoms with Crippen LogP contribution in [-0.4, -0.2) is 46.5 Å². The van der Waals surface area contributed by atoms with Crippen LogP contribution in [0.3, 0.4) is 0 Å². The van der Waals surface area contributed by atoms with Crippen molar-refractivity contribution in [1.29, 1.82) is 0 Å². The van der Waals surface area contributed by atoms with Crippen molar-refractivity contribution in [3.8, 4) is 0 Å². The van der Waals surface area contributed by atoms with Crippen molar-refractivity contribution in [1.82, 2.24) is 9.62 Å². The topological polar surface area (TPSA) is 61.4 Å². The molecule has 106 valence electrons. The van der Waals surface area contributed by atoms with Crippen molar-refractivity contribution < 1.29 is 8.42 Å². The van der Waals surface area contributed by atoms with E-state index in [2.05, 4.69) is 22.0 Å². The maximum absolute atomic E-state index is 12.2. The summed E-state index contributed by atoms with van der Waals surface area (Å²) in [4.78, 5) is 2.54. The molecule has 1 heterocycles. The van der Waals surface area contributed by atoms with E-state index in [1.165, 1.54) is 0 Å². The van der Waals surface area contributed by atoms with Gasteiger partial charge < -0.3 is 10.2 Å². The first-order valence-electron chi connectivity index (χ1n) is 6.50. The van der Waals surface area contributed by atoms with Crippen LogP contribution in [0.25, 0.3) is 0 Å². The van der Waals surface area contributed by atoms with Gasteiger partial charge in [-0.15, -0.1) is 0 Å². The van der Waals surface area contributed by atoms with E-state index in [9.17, 15) is 8.42 Å². The van der Waals surface area contributed by atoms with E-state index in [4.69, 9.17) is 0 Å². The van der Waals surface area contributed by atoms with Crippen molar-refractivity contribution in [2.75, 3.05) is 32.5 Å². The zero-order chi connectivity index (χ0) is 13.9. The number of sulfonamides is 1. The number of hydrogen-bond acceptors (Lipinski definition) is 4. The fourth-order valence-corrected chi connectivity index (χ4v) is 3.52. The molecule has 5 nitrogen and oxygen atoms in total. The van der Waals surface area contributed by atoms with Crippen LogP contribution in [0.5, 0.6) is 0 Å². The van der Waals surface area contributed by atoms with Gasteiger partial charge in [0, 0.05) is 18.8 Å². The molecule has 0 unspecified atom stereocenters. The average Bonchev–Trinajstić information content (AvgIpc) is 2.41. The van der Waals surface area contributed by atoms with Crippen LogP contribution in [0, 0.1) is 0 Å². The van der Waals surface area contributed by atoms with Gasteiger partial charge in [-0.1, -0.05) is 0 Å². The summed E-state index contributed by atoms with van der Waals surface area (Å²) in [5, 5.41) is 2.97. The smallest absolute Gasteiger partial charge is 0.240 e. The molecule has 0 aliphatic carbocycles. The third kappa shape index (κ3) is 3.68. The van der Waals surface area contributed by atoms with Crippen molar-refractivity contribution in [2.24, 2.45) is 0 Å². The summed E-state index contributed by atoms with van der Waals surface area (Å²) in [6, 6.07) is 6.84. The quantitative estimate of drug-likeness (QED) is 0.869. The van der Waals surface area contributed by atoms with Crippen LogP contribution >= 0.6 is 0 Å². The highest BCUT2D eigenvalue weighted by atomic mass is 32.2. The second-order valence-electron chi connectivity index (χ2n) is 4.97. The number of hydrogen-bond donors (Lipinski definition) is 2. The van der Waals surface area contributed by atoms with Crippen molar-refractivity contribution in [3.63, 3.8) is 0 Å². The Morgan fingerprint density at radius 2 is 1.74 bits per heavy atom. The predicted octanol–water partition coefficient (Wildman–Crippen LogP) is 1.10. The molecule has 2 rings (SSSR count). The maximum Gasteiger partial charge on any atom is 0.240 e. The van der Waals surface area contributed by atoms with E-state index in [1.807, 2.05) is 0 Å². The molecule has 0 saturated carbocycles. The lowest BCUT2D eigenvalue weighted by molar-refractivity contribution is 0.248. The van der Waals surface area contributed by atoms with Crippen LogP contribution in [0.2, 0.25) is 0 Å². The molecule has 0 amide bonds. The lowest BCUT2D eigenvalue weighted by atomic mass is 10.1. The minimum absolute atomic E-state index is 0.0465. The molecule has 1 aliphatic heterocycles. The summed E-state index contributed by atoms with van der Waals surface area (Å²) < 4.78 is 27.3. The van der Waals surface area contributed by atoms with Gasteiger partial charge in [0.05, 0.1) is 4.90 Å². The predicted molar refractivity (Wildman–Crippen MR) is 76.8 cm³/mol. The summed E-state index contributed by atoms with van der Waals surface area (Å²) in [5.74, 6) is 0. The number of nitrogens with one attached hydrogen (secondary N) is 2. The molecule has 1 saturated heterocycles. The molecule has 1 aromatic carbocycles. The van der Waals surface area contributed by atoms with E-state index in [1.54, 1.807) is 31.3 Å². The Balaban J connectivity index is 2.05. The number of rotatable bonds is 4. The number of nitrogens with zero attached hydrogens (tertiary/aromatic N) is 1. The van der Waals surface area contributed by atoms with E-state index in [-0.39, 0.29) is 6.04 Å². The van der Waals surface area contributed by atoms with Gasteiger partial charge in [0.15, 0.2) is 0 Å². The molecule has 2 N–H and O–H groups in total. The van der Waals surface area contributed by atoms with E-state index in [0.717, 1.165) is 31.6 Å². The van der Waals surface area contributed by atoms with Crippen LogP contribution in [0.15, 0.2) is 29.2 Å². The lowest BCUT2D eigenvalue weighted by Gasteiger charge is -2.29. The summed E-state index contributed by atoms with van der Waals surface area (Å²) in [6.45, 7) is 1.87. The second kappa shape index (κ2) is 5.90. The molecule has 1 aromatic rings. The first-order chi connectivity index (χ1) is 9.01. The molecule has 1 fully saturated rings. The Morgan fingerprint density at radius 1 is 1.16 bits per heavy atom. The van der Waals surface area contributed by atoms with Gasteiger partial charge in [-0.05, 0) is 57.2 Å². The molecule has 0 spiro atoms. The van der Waals surface area contributed by atoms with E-state index < -0.39 is 10.0 Å². The molecule has 0 atom stereocenters. The van der Waals surface area contributed by atoms with Crippen molar-refractivity contribution in [2.45, 2.75) is 23.8 Å². The van der Waals surface area contributed by atoms with Gasteiger partial charge >= 0.3 is 0 Å². The Morgan fingerprint density at radius 3 is 2.26 bits per heavy atom. The minimum atomic E-state index is -3.40. The molecule has 1 aliphatic rings. The summed E-state index contributed by atoms with van der Waals surface area (Å²) in [5.41, 5.74) is 0.901. The molecular formula is C13H21N3O2S. The van der Waals surface area contributed by atoms with Crippen molar-refractivity contribution >= 4 is 15.7 Å². The van der Waals surface area contributed by atoms with Gasteiger partial charge in [-0.3, -0.25) is 0 Å². The van der Waals surface area contributed by atoms with Crippen molar-refractivity contribution in [3.05, 3.63) is 24.3 Å². The standard InChI is InChI=1S/C13H21N3O2S/c1-14-11-3-5-13(6-4-11)19(17,18)15-12-7-9-16(2)10-8-12/h3-6,12,14-15H,7-10H2,1-2H3. The summed E-state index contributed by atoms with van der Waals surface area (Å²) >= 11 is 0. The lowest BCUT2D eigenvalue weighted by Crippen LogP contribution is -2.43. The third-order valence-electron chi connectivity index (χ3n) is 3.49. The third-order valence-corrected chi connectivity index (χ3v) is 5.03. The van der Waals surface area contributed by atoms with Gasteiger partial charge in [0.1, 0.15) is 0 Å². The highest BCUT2D eigenvalue weighted by Crippen LogP contribution is 2.16. The van der Waals surface area contributed by atoms with E-state index >= 15 is 0 Å². The van der Waals surface area contributed by atoms with Gasteiger partial charge in [0.2, 0.25) is 10.0 Å². The Labute approximate surface area is 115 Å². The number of anilines is 1. The molecule has 0 radical (unpaired) electrons. The van der Waals surface area contributed by atoms with Crippen LogP contribution in [-0.2, 0) is 10.0 Å².